The second kappa shape index (κ2) is 7.78. The Hall–Kier alpha value is -2.89. The molecule has 1 fully saturated rings. The highest BCUT2D eigenvalue weighted by molar-refractivity contribution is 5.74. The van der Waals surface area contributed by atoms with E-state index in [1.165, 1.54) is 5.56 Å². The van der Waals surface area contributed by atoms with E-state index < -0.39 is 0 Å². The lowest BCUT2D eigenvalue weighted by molar-refractivity contribution is 0.171. The van der Waals surface area contributed by atoms with Gasteiger partial charge in [0.15, 0.2) is 11.5 Å². The van der Waals surface area contributed by atoms with Crippen LogP contribution >= 0.6 is 0 Å². The third-order valence-corrected chi connectivity index (χ3v) is 4.98. The van der Waals surface area contributed by atoms with Crippen molar-refractivity contribution in [3.8, 4) is 11.5 Å². The summed E-state index contributed by atoms with van der Waals surface area (Å²) in [5.74, 6) is 1.61. The van der Waals surface area contributed by atoms with E-state index >= 15 is 0 Å². The molecule has 2 amide bonds. The molecule has 4 rings (SSSR count). The van der Waals surface area contributed by atoms with Gasteiger partial charge < -0.3 is 24.6 Å². The minimum atomic E-state index is -0.00155. The fourth-order valence-electron chi connectivity index (χ4n) is 3.51. The number of nitrogens with zero attached hydrogens (tertiary/aromatic N) is 2. The Bertz CT molecular complexity index is 816. The van der Waals surface area contributed by atoms with Crippen LogP contribution in [0.5, 0.6) is 11.5 Å². The van der Waals surface area contributed by atoms with Crippen LogP contribution in [0.2, 0.25) is 0 Å². The van der Waals surface area contributed by atoms with Crippen molar-refractivity contribution < 1.29 is 14.3 Å². The van der Waals surface area contributed by atoms with E-state index in [9.17, 15) is 4.79 Å². The van der Waals surface area contributed by atoms with Gasteiger partial charge in [0.2, 0.25) is 0 Å². The normalized spacial score (nSPS) is 16.2. The molecular formula is C21H25N3O3. The molecule has 6 heteroatoms. The fourth-order valence-corrected chi connectivity index (χ4v) is 3.51. The number of amides is 2. The first-order valence-electron chi connectivity index (χ1n) is 9.42. The van der Waals surface area contributed by atoms with Gasteiger partial charge in [0.05, 0.1) is 0 Å². The predicted molar refractivity (Wildman–Crippen MR) is 105 cm³/mol. The summed E-state index contributed by atoms with van der Waals surface area (Å²) in [4.78, 5) is 16.6. The molecule has 2 aliphatic heterocycles. The second-order valence-electron chi connectivity index (χ2n) is 6.95. The molecule has 2 aromatic carbocycles. The van der Waals surface area contributed by atoms with Crippen LogP contribution in [-0.2, 0) is 6.54 Å². The lowest BCUT2D eigenvalue weighted by Gasteiger charge is -2.36. The lowest BCUT2D eigenvalue weighted by Crippen LogP contribution is -2.51. The van der Waals surface area contributed by atoms with Crippen molar-refractivity contribution in [1.82, 2.24) is 10.2 Å². The molecule has 0 saturated carbocycles. The summed E-state index contributed by atoms with van der Waals surface area (Å²) in [5, 5.41) is 3.02. The van der Waals surface area contributed by atoms with Crippen molar-refractivity contribution in [2.24, 2.45) is 0 Å². The Balaban J connectivity index is 1.30. The van der Waals surface area contributed by atoms with E-state index in [1.807, 2.05) is 29.2 Å². The van der Waals surface area contributed by atoms with E-state index in [0.29, 0.717) is 32.8 Å². The number of nitrogens with one attached hydrogen (secondary N) is 1. The lowest BCUT2D eigenvalue weighted by atomic mass is 10.1. The third kappa shape index (κ3) is 4.10. The number of rotatable bonds is 3. The smallest absolute Gasteiger partial charge is 0.317 e. The van der Waals surface area contributed by atoms with Gasteiger partial charge >= 0.3 is 6.03 Å². The highest BCUT2D eigenvalue weighted by Gasteiger charge is 2.22. The van der Waals surface area contributed by atoms with Crippen molar-refractivity contribution in [3.05, 3.63) is 53.6 Å². The average Bonchev–Trinajstić information content (AvgIpc) is 2.72. The van der Waals surface area contributed by atoms with Crippen molar-refractivity contribution in [1.29, 1.82) is 0 Å². The molecular weight excluding hydrogens is 342 g/mol. The van der Waals surface area contributed by atoms with Gasteiger partial charge in [0, 0.05) is 44.5 Å². The van der Waals surface area contributed by atoms with Crippen LogP contribution in [0.3, 0.4) is 0 Å². The fraction of sp³-hybridized carbons (Fsp3) is 0.381. The highest BCUT2D eigenvalue weighted by atomic mass is 16.6. The average molecular weight is 367 g/mol. The number of anilines is 1. The number of benzene rings is 2. The van der Waals surface area contributed by atoms with Crippen molar-refractivity contribution in [2.45, 2.75) is 13.5 Å². The van der Waals surface area contributed by atoms with Crippen LogP contribution in [0.25, 0.3) is 0 Å². The van der Waals surface area contributed by atoms with Gasteiger partial charge in [-0.05, 0) is 24.6 Å². The van der Waals surface area contributed by atoms with Crippen molar-refractivity contribution in [2.75, 3.05) is 44.3 Å². The van der Waals surface area contributed by atoms with Crippen LogP contribution in [0, 0.1) is 6.92 Å². The number of urea groups is 1. The molecule has 6 nitrogen and oxygen atoms in total. The number of piperazine rings is 1. The largest absolute Gasteiger partial charge is 0.486 e. The number of ether oxygens (including phenoxy) is 2. The summed E-state index contributed by atoms with van der Waals surface area (Å²) in [6.45, 7) is 6.82. The zero-order valence-electron chi connectivity index (χ0n) is 15.6. The number of carbonyl (C=O) groups is 1. The van der Waals surface area contributed by atoms with E-state index in [0.717, 1.165) is 35.8 Å². The Labute approximate surface area is 159 Å². The Morgan fingerprint density at radius 2 is 1.78 bits per heavy atom. The van der Waals surface area contributed by atoms with Crippen LogP contribution in [0.15, 0.2) is 42.5 Å². The molecule has 0 aliphatic carbocycles. The maximum atomic E-state index is 12.5. The number of aryl methyl sites for hydroxylation is 1. The maximum absolute atomic E-state index is 12.5. The molecule has 0 aromatic heterocycles. The number of fused-ring (bicyclic) bond motifs is 1. The zero-order valence-corrected chi connectivity index (χ0v) is 15.6. The molecule has 0 bridgehead atoms. The van der Waals surface area contributed by atoms with E-state index in [2.05, 4.69) is 35.3 Å². The van der Waals surface area contributed by atoms with Gasteiger partial charge in [-0.3, -0.25) is 0 Å². The summed E-state index contributed by atoms with van der Waals surface area (Å²) >= 11 is 0. The summed E-state index contributed by atoms with van der Waals surface area (Å²) in [5.41, 5.74) is 3.44. The third-order valence-electron chi connectivity index (χ3n) is 4.98. The van der Waals surface area contributed by atoms with E-state index in [4.69, 9.17) is 9.47 Å². The molecule has 1 N–H and O–H groups in total. The Kier molecular flexibility index (Phi) is 5.05. The van der Waals surface area contributed by atoms with Crippen molar-refractivity contribution >= 4 is 11.7 Å². The molecule has 0 atom stereocenters. The van der Waals surface area contributed by atoms with Gasteiger partial charge in [0.1, 0.15) is 13.2 Å². The molecule has 2 aromatic rings. The topological polar surface area (TPSA) is 54.0 Å². The first-order chi connectivity index (χ1) is 13.2. The van der Waals surface area contributed by atoms with Crippen LogP contribution in [-0.4, -0.2) is 50.3 Å². The van der Waals surface area contributed by atoms with Crippen molar-refractivity contribution in [3.63, 3.8) is 0 Å². The first kappa shape index (κ1) is 17.5. The van der Waals surface area contributed by atoms with E-state index in [-0.39, 0.29) is 6.03 Å². The molecule has 1 saturated heterocycles. The second-order valence-corrected chi connectivity index (χ2v) is 6.95. The standard InChI is InChI=1S/C21H25N3O3/c1-16-3-2-4-17(13-16)15-22-21(25)24-9-7-23(8-10-24)18-5-6-19-20(14-18)27-12-11-26-19/h2-6,13-14H,7-12,15H2,1H3,(H,22,25). The molecule has 2 heterocycles. The zero-order chi connectivity index (χ0) is 18.6. The molecule has 142 valence electrons. The Morgan fingerprint density at radius 3 is 2.56 bits per heavy atom. The summed E-state index contributed by atoms with van der Waals surface area (Å²) in [7, 11) is 0. The quantitative estimate of drug-likeness (QED) is 0.906. The van der Waals surface area contributed by atoms with Crippen LogP contribution < -0.4 is 19.7 Å². The first-order valence-corrected chi connectivity index (χ1v) is 9.42. The van der Waals surface area contributed by atoms with Gasteiger partial charge in [-0.15, -0.1) is 0 Å². The number of hydrogen-bond donors (Lipinski definition) is 1. The number of carbonyl (C=O) groups excluding carboxylic acids is 1. The van der Waals surface area contributed by atoms with Crippen LogP contribution in [0.1, 0.15) is 11.1 Å². The van der Waals surface area contributed by atoms with Gasteiger partial charge in [-0.1, -0.05) is 29.8 Å². The van der Waals surface area contributed by atoms with Crippen LogP contribution in [0.4, 0.5) is 10.5 Å². The van der Waals surface area contributed by atoms with Gasteiger partial charge in [0.25, 0.3) is 0 Å². The summed E-state index contributed by atoms with van der Waals surface area (Å²) < 4.78 is 11.3. The minimum absolute atomic E-state index is 0.00155. The maximum Gasteiger partial charge on any atom is 0.317 e. The molecule has 27 heavy (non-hydrogen) atoms. The minimum Gasteiger partial charge on any atom is -0.486 e. The van der Waals surface area contributed by atoms with Gasteiger partial charge in [-0.2, -0.15) is 0 Å². The van der Waals surface area contributed by atoms with E-state index in [1.54, 1.807) is 0 Å². The number of hydrogen-bond acceptors (Lipinski definition) is 4. The highest BCUT2D eigenvalue weighted by Crippen LogP contribution is 2.34. The Morgan fingerprint density at radius 1 is 1.00 bits per heavy atom. The molecule has 0 spiro atoms. The summed E-state index contributed by atoms with van der Waals surface area (Å²) in [6.07, 6.45) is 0. The molecule has 0 unspecified atom stereocenters. The molecule has 0 radical (unpaired) electrons. The molecule has 2 aliphatic rings. The monoisotopic (exact) mass is 367 g/mol. The SMILES string of the molecule is Cc1cccc(CNC(=O)N2CCN(c3ccc4c(c3)OCCO4)CC2)c1. The van der Waals surface area contributed by atoms with Gasteiger partial charge in [-0.25, -0.2) is 4.79 Å². The summed E-state index contributed by atoms with van der Waals surface area (Å²) in [6, 6.07) is 14.3. The predicted octanol–water partition coefficient (Wildman–Crippen LogP) is 2.80.